The summed E-state index contributed by atoms with van der Waals surface area (Å²) < 4.78 is 0. The van der Waals surface area contributed by atoms with Gasteiger partial charge in [-0.15, -0.1) is 0 Å². The third-order valence-corrected chi connectivity index (χ3v) is 9.28. The Bertz CT molecular complexity index is 2200. The van der Waals surface area contributed by atoms with E-state index in [1.807, 2.05) is 0 Å². The van der Waals surface area contributed by atoms with Crippen LogP contribution in [-0.2, 0) is 0 Å². The summed E-state index contributed by atoms with van der Waals surface area (Å²) in [7, 11) is 0. The van der Waals surface area contributed by atoms with Crippen molar-refractivity contribution in [1.82, 2.24) is 0 Å². The second kappa shape index (κ2) is 9.75. The molecule has 7 aromatic rings. The van der Waals surface area contributed by atoms with E-state index in [1.165, 1.54) is 78.0 Å². The van der Waals surface area contributed by atoms with Crippen molar-refractivity contribution in [3.63, 3.8) is 0 Å². The number of hydrogen-bond acceptors (Lipinski definition) is 2. The fraction of sp³-hybridized carbons (Fsp3) is 0.0244. The SMILES string of the molecule is Cc1ccc(N2B3c4ccccc4N(c4cc5ccccc5cc4-c4ccccc4)c4cccc(c43)-c3ccccc32)cc1. The molecule has 2 aliphatic heterocycles. The maximum Gasteiger partial charge on any atom is 0.333 e. The molecule has 0 fully saturated rings. The molecule has 7 aromatic carbocycles. The van der Waals surface area contributed by atoms with Crippen molar-refractivity contribution in [3.05, 3.63) is 163 Å². The normalized spacial score (nSPS) is 13.0. The first kappa shape index (κ1) is 25.0. The zero-order chi connectivity index (χ0) is 29.2. The second-order valence-electron chi connectivity index (χ2n) is 11.8. The summed E-state index contributed by atoms with van der Waals surface area (Å²) >= 11 is 0. The van der Waals surface area contributed by atoms with Gasteiger partial charge in [0, 0.05) is 33.9 Å². The van der Waals surface area contributed by atoms with Crippen molar-refractivity contribution in [2.45, 2.75) is 6.92 Å². The minimum atomic E-state index is 0.0342. The van der Waals surface area contributed by atoms with Crippen molar-refractivity contribution in [1.29, 1.82) is 0 Å². The third kappa shape index (κ3) is 3.69. The van der Waals surface area contributed by atoms with E-state index < -0.39 is 0 Å². The van der Waals surface area contributed by atoms with Crippen LogP contribution in [0.25, 0.3) is 33.0 Å². The van der Waals surface area contributed by atoms with Crippen molar-refractivity contribution in [3.8, 4) is 22.3 Å². The van der Waals surface area contributed by atoms with Crippen LogP contribution in [-0.4, -0.2) is 6.85 Å². The molecular weight excluding hydrogens is 531 g/mol. The van der Waals surface area contributed by atoms with E-state index in [4.69, 9.17) is 0 Å². The highest BCUT2D eigenvalue weighted by molar-refractivity contribution is 6.93. The van der Waals surface area contributed by atoms with E-state index in [9.17, 15) is 0 Å². The Balaban J connectivity index is 1.38. The van der Waals surface area contributed by atoms with Crippen LogP contribution in [0.15, 0.2) is 158 Å². The van der Waals surface area contributed by atoms with Crippen molar-refractivity contribution in [2.75, 3.05) is 9.71 Å². The zero-order valence-corrected chi connectivity index (χ0v) is 24.5. The molecule has 2 heterocycles. The van der Waals surface area contributed by atoms with Crippen LogP contribution in [0.2, 0.25) is 0 Å². The molecule has 206 valence electrons. The summed E-state index contributed by atoms with van der Waals surface area (Å²) in [6.07, 6.45) is 0. The van der Waals surface area contributed by atoms with E-state index in [0.29, 0.717) is 0 Å². The third-order valence-electron chi connectivity index (χ3n) is 9.28. The largest absolute Gasteiger partial charge is 0.376 e. The molecule has 44 heavy (non-hydrogen) atoms. The predicted octanol–water partition coefficient (Wildman–Crippen LogP) is 9.52. The molecule has 0 aromatic heterocycles. The van der Waals surface area contributed by atoms with Crippen LogP contribution in [0.1, 0.15) is 5.56 Å². The Labute approximate surface area is 258 Å². The van der Waals surface area contributed by atoms with Crippen molar-refractivity contribution in [2.24, 2.45) is 0 Å². The van der Waals surface area contributed by atoms with Crippen LogP contribution in [0.4, 0.5) is 28.4 Å². The number of hydrogen-bond donors (Lipinski definition) is 0. The maximum absolute atomic E-state index is 2.55. The molecule has 0 N–H and O–H groups in total. The highest BCUT2D eigenvalue weighted by Gasteiger charge is 2.44. The number of fused-ring (bicyclic) bond motifs is 5. The van der Waals surface area contributed by atoms with Crippen LogP contribution in [0, 0.1) is 6.92 Å². The standard InChI is InChI=1S/C41H29BN2/c1-28-22-24-32(25-23-28)44-37-19-9-7-16-33(37)34-17-11-21-39-41(34)42(44)36-18-8-10-20-38(36)43(39)40-27-31-15-6-5-14-30(31)26-35(40)29-12-3-2-4-13-29/h2-27H,1H3. The van der Waals surface area contributed by atoms with E-state index in [2.05, 4.69) is 174 Å². The van der Waals surface area contributed by atoms with Gasteiger partial charge in [0.2, 0.25) is 0 Å². The Morgan fingerprint density at radius 3 is 1.91 bits per heavy atom. The van der Waals surface area contributed by atoms with Gasteiger partial charge in [-0.05, 0) is 82.2 Å². The molecule has 0 saturated heterocycles. The molecule has 9 rings (SSSR count). The van der Waals surface area contributed by atoms with E-state index in [1.54, 1.807) is 0 Å². The number of benzene rings is 7. The lowest BCUT2D eigenvalue weighted by molar-refractivity contribution is 1.27. The van der Waals surface area contributed by atoms with Gasteiger partial charge in [-0.1, -0.05) is 121 Å². The fourth-order valence-corrected chi connectivity index (χ4v) is 7.31. The molecule has 0 saturated carbocycles. The van der Waals surface area contributed by atoms with Gasteiger partial charge < -0.3 is 9.71 Å². The second-order valence-corrected chi connectivity index (χ2v) is 11.8. The quantitative estimate of drug-likeness (QED) is 0.199. The van der Waals surface area contributed by atoms with Crippen LogP contribution in [0.3, 0.4) is 0 Å². The van der Waals surface area contributed by atoms with Crippen LogP contribution in [0.5, 0.6) is 0 Å². The number of para-hydroxylation sites is 2. The monoisotopic (exact) mass is 560 g/mol. The topological polar surface area (TPSA) is 6.48 Å². The highest BCUT2D eigenvalue weighted by atomic mass is 15.2. The van der Waals surface area contributed by atoms with Gasteiger partial charge >= 0.3 is 6.85 Å². The molecule has 3 heteroatoms. The van der Waals surface area contributed by atoms with Gasteiger partial charge in [0.1, 0.15) is 0 Å². The lowest BCUT2D eigenvalue weighted by atomic mass is 9.43. The van der Waals surface area contributed by atoms with Gasteiger partial charge in [0.25, 0.3) is 0 Å². The van der Waals surface area contributed by atoms with Crippen molar-refractivity contribution < 1.29 is 0 Å². The molecule has 2 nitrogen and oxygen atoms in total. The first-order valence-corrected chi connectivity index (χ1v) is 15.3. The number of nitrogens with zero attached hydrogens (tertiary/aromatic N) is 2. The average Bonchev–Trinajstić information content (AvgIpc) is 3.09. The van der Waals surface area contributed by atoms with Crippen LogP contribution < -0.4 is 20.6 Å². The minimum absolute atomic E-state index is 0.0342. The summed E-state index contributed by atoms with van der Waals surface area (Å²) in [6, 6.07) is 57.9. The van der Waals surface area contributed by atoms with Crippen LogP contribution >= 0.6 is 0 Å². The van der Waals surface area contributed by atoms with Gasteiger partial charge in [0.05, 0.1) is 5.69 Å². The van der Waals surface area contributed by atoms with Gasteiger partial charge in [-0.2, -0.15) is 0 Å². The maximum atomic E-state index is 2.55. The zero-order valence-electron chi connectivity index (χ0n) is 24.5. The average molecular weight is 561 g/mol. The predicted molar refractivity (Wildman–Crippen MR) is 188 cm³/mol. The molecule has 0 atom stereocenters. The lowest BCUT2D eigenvalue weighted by Gasteiger charge is -2.46. The summed E-state index contributed by atoms with van der Waals surface area (Å²) in [5, 5.41) is 2.48. The van der Waals surface area contributed by atoms with E-state index >= 15 is 0 Å². The minimum Gasteiger partial charge on any atom is -0.376 e. The summed E-state index contributed by atoms with van der Waals surface area (Å²) in [4.78, 5) is 5.07. The smallest absolute Gasteiger partial charge is 0.333 e. The Kier molecular flexibility index (Phi) is 5.54. The first-order chi connectivity index (χ1) is 21.8. The summed E-state index contributed by atoms with van der Waals surface area (Å²) in [5.74, 6) is 0. The molecule has 0 radical (unpaired) electrons. The molecule has 2 aliphatic rings. The lowest BCUT2D eigenvalue weighted by Crippen LogP contribution is -2.61. The Morgan fingerprint density at radius 2 is 1.09 bits per heavy atom. The molecular formula is C41H29BN2. The molecule has 0 bridgehead atoms. The fourth-order valence-electron chi connectivity index (χ4n) is 7.31. The Hall–Kier alpha value is -5.54. The van der Waals surface area contributed by atoms with Gasteiger partial charge in [0.15, 0.2) is 0 Å². The number of anilines is 5. The van der Waals surface area contributed by atoms with Gasteiger partial charge in [-0.25, -0.2) is 0 Å². The highest BCUT2D eigenvalue weighted by Crippen LogP contribution is 2.48. The van der Waals surface area contributed by atoms with Crippen molar-refractivity contribution >= 4 is 57.0 Å². The molecule has 0 aliphatic carbocycles. The molecule has 0 unspecified atom stereocenters. The van der Waals surface area contributed by atoms with E-state index in [-0.39, 0.29) is 6.85 Å². The first-order valence-electron chi connectivity index (χ1n) is 15.3. The van der Waals surface area contributed by atoms with E-state index in [0.717, 1.165) is 0 Å². The van der Waals surface area contributed by atoms with Gasteiger partial charge in [-0.3, -0.25) is 0 Å². The molecule has 0 spiro atoms. The summed E-state index contributed by atoms with van der Waals surface area (Å²) in [5.41, 5.74) is 15.0. The molecule has 0 amide bonds. The number of aryl methyl sites for hydroxylation is 1. The number of rotatable bonds is 3. The Morgan fingerprint density at radius 1 is 0.455 bits per heavy atom. The summed E-state index contributed by atoms with van der Waals surface area (Å²) in [6.45, 7) is 2.19.